The third kappa shape index (κ3) is 2.93. The number of hydrogen-bond donors (Lipinski definition) is 2. The van der Waals surface area contributed by atoms with Crippen molar-refractivity contribution in [2.75, 3.05) is 0 Å². The van der Waals surface area contributed by atoms with Crippen molar-refractivity contribution in [2.45, 2.75) is 6.54 Å². The fraction of sp³-hybridized carbons (Fsp3) is 0.0667. The Labute approximate surface area is 125 Å². The van der Waals surface area contributed by atoms with Gasteiger partial charge in [-0.25, -0.2) is 14.6 Å². The molecule has 0 atom stereocenters. The first-order valence-corrected chi connectivity index (χ1v) is 6.64. The van der Waals surface area contributed by atoms with E-state index in [2.05, 4.69) is 20.4 Å². The minimum atomic E-state index is -0.370. The summed E-state index contributed by atoms with van der Waals surface area (Å²) in [5, 5.41) is 5.49. The lowest BCUT2D eigenvalue weighted by Crippen LogP contribution is -2.23. The van der Waals surface area contributed by atoms with Crippen LogP contribution in [0.1, 0.15) is 16.2 Å². The van der Waals surface area contributed by atoms with Gasteiger partial charge in [0.2, 0.25) is 0 Å². The molecule has 0 radical (unpaired) electrons. The SMILES string of the molecule is O=C(NCc1ccncn1)c1cc(=O)n(-c2ccccc2)[nH]1. The van der Waals surface area contributed by atoms with Crippen LogP contribution < -0.4 is 10.9 Å². The Kier molecular flexibility index (Phi) is 3.78. The third-order valence-electron chi connectivity index (χ3n) is 3.05. The van der Waals surface area contributed by atoms with E-state index < -0.39 is 0 Å². The number of nitrogens with zero attached hydrogens (tertiary/aromatic N) is 3. The molecule has 0 bridgehead atoms. The summed E-state index contributed by atoms with van der Waals surface area (Å²) in [7, 11) is 0. The van der Waals surface area contributed by atoms with E-state index in [-0.39, 0.29) is 23.7 Å². The van der Waals surface area contributed by atoms with E-state index in [1.165, 1.54) is 17.1 Å². The standard InChI is InChI=1S/C15H13N5O2/c21-14-8-13(19-20(14)12-4-2-1-3-5-12)15(22)17-9-11-6-7-16-10-18-11/h1-8,10,19H,9H2,(H,17,22). The zero-order chi connectivity index (χ0) is 15.4. The highest BCUT2D eigenvalue weighted by Gasteiger charge is 2.11. The number of carbonyl (C=O) groups is 1. The molecule has 0 unspecified atom stereocenters. The maximum absolute atomic E-state index is 12.1. The van der Waals surface area contributed by atoms with E-state index in [0.717, 1.165) is 0 Å². The number of amides is 1. The largest absolute Gasteiger partial charge is 0.345 e. The number of rotatable bonds is 4. The minimum Gasteiger partial charge on any atom is -0.345 e. The summed E-state index contributed by atoms with van der Waals surface area (Å²) < 4.78 is 1.32. The smallest absolute Gasteiger partial charge is 0.271 e. The Hall–Kier alpha value is -3.22. The first-order valence-electron chi connectivity index (χ1n) is 6.64. The number of benzene rings is 1. The van der Waals surface area contributed by atoms with Gasteiger partial charge in [0.05, 0.1) is 17.9 Å². The second-order valence-corrected chi connectivity index (χ2v) is 4.56. The van der Waals surface area contributed by atoms with E-state index in [1.54, 1.807) is 24.4 Å². The van der Waals surface area contributed by atoms with Crippen molar-refractivity contribution in [2.24, 2.45) is 0 Å². The lowest BCUT2D eigenvalue weighted by Gasteiger charge is -2.03. The Morgan fingerprint density at radius 3 is 2.77 bits per heavy atom. The Balaban J connectivity index is 1.75. The maximum atomic E-state index is 12.1. The zero-order valence-corrected chi connectivity index (χ0v) is 11.6. The predicted octanol–water partition coefficient (Wildman–Crippen LogP) is 0.886. The third-order valence-corrected chi connectivity index (χ3v) is 3.05. The molecule has 0 spiro atoms. The van der Waals surface area contributed by atoms with Crippen LogP contribution in [-0.2, 0) is 6.54 Å². The monoisotopic (exact) mass is 295 g/mol. The van der Waals surface area contributed by atoms with Crippen molar-refractivity contribution in [3.63, 3.8) is 0 Å². The van der Waals surface area contributed by atoms with Gasteiger partial charge in [-0.2, -0.15) is 0 Å². The van der Waals surface area contributed by atoms with Gasteiger partial charge >= 0.3 is 0 Å². The number of aromatic nitrogens is 4. The maximum Gasteiger partial charge on any atom is 0.271 e. The molecule has 3 aromatic rings. The van der Waals surface area contributed by atoms with E-state index >= 15 is 0 Å². The molecule has 0 fully saturated rings. The van der Waals surface area contributed by atoms with Crippen molar-refractivity contribution in [1.82, 2.24) is 25.1 Å². The molecular formula is C15H13N5O2. The van der Waals surface area contributed by atoms with Crippen LogP contribution >= 0.6 is 0 Å². The molecule has 2 N–H and O–H groups in total. The molecule has 7 heteroatoms. The van der Waals surface area contributed by atoms with Crippen LogP contribution in [0.25, 0.3) is 5.69 Å². The van der Waals surface area contributed by atoms with Gasteiger partial charge in [0.1, 0.15) is 12.0 Å². The van der Waals surface area contributed by atoms with Crippen molar-refractivity contribution in [1.29, 1.82) is 0 Å². The van der Waals surface area contributed by atoms with Gasteiger partial charge in [-0.3, -0.25) is 14.7 Å². The molecule has 2 aromatic heterocycles. The fourth-order valence-electron chi connectivity index (χ4n) is 1.97. The summed E-state index contributed by atoms with van der Waals surface area (Å²) in [6.07, 6.45) is 3.01. The molecular weight excluding hydrogens is 282 g/mol. The van der Waals surface area contributed by atoms with Gasteiger partial charge in [-0.05, 0) is 18.2 Å². The second kappa shape index (κ2) is 6.04. The lowest BCUT2D eigenvalue weighted by atomic mass is 10.3. The molecule has 0 aliphatic rings. The minimum absolute atomic E-state index is 0.197. The summed E-state index contributed by atoms with van der Waals surface area (Å²) >= 11 is 0. The molecule has 22 heavy (non-hydrogen) atoms. The number of para-hydroxylation sites is 1. The molecule has 7 nitrogen and oxygen atoms in total. The second-order valence-electron chi connectivity index (χ2n) is 4.56. The number of nitrogens with one attached hydrogen (secondary N) is 2. The summed E-state index contributed by atoms with van der Waals surface area (Å²) in [6.45, 7) is 0.264. The van der Waals surface area contributed by atoms with E-state index in [0.29, 0.717) is 11.4 Å². The molecule has 1 amide bonds. The molecule has 0 saturated heterocycles. The molecule has 110 valence electrons. The van der Waals surface area contributed by atoms with E-state index in [1.807, 2.05) is 18.2 Å². The molecule has 3 rings (SSSR count). The number of hydrogen-bond acceptors (Lipinski definition) is 4. The fourth-order valence-corrected chi connectivity index (χ4v) is 1.97. The Morgan fingerprint density at radius 1 is 1.23 bits per heavy atom. The van der Waals surface area contributed by atoms with Crippen LogP contribution in [0.5, 0.6) is 0 Å². The highest BCUT2D eigenvalue weighted by atomic mass is 16.2. The highest BCUT2D eigenvalue weighted by molar-refractivity contribution is 5.92. The van der Waals surface area contributed by atoms with E-state index in [9.17, 15) is 9.59 Å². The number of carbonyl (C=O) groups excluding carboxylic acids is 1. The van der Waals surface area contributed by atoms with Gasteiger partial charge in [0, 0.05) is 12.3 Å². The lowest BCUT2D eigenvalue weighted by molar-refractivity contribution is 0.0945. The van der Waals surface area contributed by atoms with Gasteiger partial charge in [-0.1, -0.05) is 18.2 Å². The topological polar surface area (TPSA) is 92.7 Å². The van der Waals surface area contributed by atoms with Gasteiger partial charge < -0.3 is 5.32 Å². The quantitative estimate of drug-likeness (QED) is 0.747. The molecule has 0 aliphatic carbocycles. The molecule has 0 aliphatic heterocycles. The van der Waals surface area contributed by atoms with Crippen molar-refractivity contribution in [3.05, 3.63) is 76.7 Å². The molecule has 2 heterocycles. The van der Waals surface area contributed by atoms with Crippen molar-refractivity contribution in [3.8, 4) is 5.69 Å². The summed E-state index contributed by atoms with van der Waals surface area (Å²) in [5.41, 5.74) is 1.26. The zero-order valence-electron chi connectivity index (χ0n) is 11.6. The van der Waals surface area contributed by atoms with Crippen LogP contribution in [0, 0.1) is 0 Å². The highest BCUT2D eigenvalue weighted by Crippen LogP contribution is 2.03. The van der Waals surface area contributed by atoms with Crippen LogP contribution in [0.15, 0.2) is 59.8 Å². The van der Waals surface area contributed by atoms with E-state index in [4.69, 9.17) is 0 Å². The van der Waals surface area contributed by atoms with Crippen molar-refractivity contribution < 1.29 is 4.79 Å². The van der Waals surface area contributed by atoms with Gasteiger partial charge in [0.25, 0.3) is 11.5 Å². The summed E-state index contributed by atoms with van der Waals surface area (Å²) in [4.78, 5) is 31.8. The molecule has 1 aromatic carbocycles. The first kappa shape index (κ1) is 13.7. The Bertz CT molecular complexity index is 824. The number of H-pyrrole nitrogens is 1. The normalized spacial score (nSPS) is 10.4. The summed E-state index contributed by atoms with van der Waals surface area (Å²) in [6, 6.07) is 12.0. The van der Waals surface area contributed by atoms with Crippen LogP contribution in [0.4, 0.5) is 0 Å². The average Bonchev–Trinajstić information content (AvgIpc) is 2.96. The summed E-state index contributed by atoms with van der Waals surface area (Å²) in [5.74, 6) is -0.370. The Morgan fingerprint density at radius 2 is 2.05 bits per heavy atom. The van der Waals surface area contributed by atoms with Crippen LogP contribution in [0.2, 0.25) is 0 Å². The molecule has 0 saturated carbocycles. The average molecular weight is 295 g/mol. The van der Waals surface area contributed by atoms with Crippen molar-refractivity contribution >= 4 is 5.91 Å². The predicted molar refractivity (Wildman–Crippen MR) is 79.6 cm³/mol. The van der Waals surface area contributed by atoms with Crippen LogP contribution in [-0.4, -0.2) is 25.7 Å². The van der Waals surface area contributed by atoms with Gasteiger partial charge in [0.15, 0.2) is 0 Å². The van der Waals surface area contributed by atoms with Gasteiger partial charge in [-0.15, -0.1) is 0 Å². The first-order chi connectivity index (χ1) is 10.7. The number of aromatic amines is 1. The van der Waals surface area contributed by atoms with Crippen LogP contribution in [0.3, 0.4) is 0 Å².